The Bertz CT molecular complexity index is 498. The quantitative estimate of drug-likeness (QED) is 0.628. The van der Waals surface area contributed by atoms with Crippen LogP contribution in [0.25, 0.3) is 0 Å². The highest BCUT2D eigenvalue weighted by Gasteiger charge is 2.31. The molecular weight excluding hydrogens is 319 g/mol. The summed E-state index contributed by atoms with van der Waals surface area (Å²) < 4.78 is 42.5. The van der Waals surface area contributed by atoms with E-state index < -0.39 is 28.1 Å². The molecule has 100 valence electrons. The molecule has 0 aliphatic heterocycles. The van der Waals surface area contributed by atoms with Gasteiger partial charge in [0, 0.05) is 18.8 Å². The highest BCUT2D eigenvalue weighted by Crippen LogP contribution is 2.28. The Morgan fingerprint density at radius 1 is 1.50 bits per heavy atom. The minimum atomic E-state index is -4.54. The van der Waals surface area contributed by atoms with Crippen molar-refractivity contribution in [3.63, 3.8) is 0 Å². The van der Waals surface area contributed by atoms with E-state index in [1.165, 1.54) is 0 Å². The summed E-state index contributed by atoms with van der Waals surface area (Å²) in [5.74, 6) is -0.667. The number of pyridine rings is 1. The average Bonchev–Trinajstić information content (AvgIpc) is 2.29. The molecule has 0 saturated heterocycles. The summed E-state index contributed by atoms with van der Waals surface area (Å²) in [7, 11) is 1.14. The molecule has 1 atom stereocenters. The first-order chi connectivity index (χ1) is 8.25. The predicted octanol–water partition coefficient (Wildman–Crippen LogP) is 1.80. The van der Waals surface area contributed by atoms with Crippen molar-refractivity contribution in [3.05, 3.63) is 34.2 Å². The summed E-state index contributed by atoms with van der Waals surface area (Å²) in [5, 5.41) is 0. The van der Waals surface area contributed by atoms with Gasteiger partial charge in [-0.25, -0.2) is 0 Å². The number of aromatic nitrogens is 1. The normalized spacial score (nSPS) is 13.2. The molecule has 0 amide bonds. The van der Waals surface area contributed by atoms with Crippen molar-refractivity contribution >= 4 is 21.9 Å². The molecule has 0 bridgehead atoms. The third-order valence-electron chi connectivity index (χ3n) is 2.12. The van der Waals surface area contributed by atoms with Crippen LogP contribution in [0.2, 0.25) is 0 Å². The van der Waals surface area contributed by atoms with Gasteiger partial charge in [-0.15, -0.1) is 0 Å². The zero-order valence-electron chi connectivity index (χ0n) is 9.20. The Labute approximate surface area is 108 Å². The smallest absolute Gasteiger partial charge is 0.417 e. The van der Waals surface area contributed by atoms with Crippen LogP contribution in [0.4, 0.5) is 13.2 Å². The lowest BCUT2D eigenvalue weighted by Gasteiger charge is -2.12. The topological polar surface area (TPSA) is 48.3 Å². The van der Waals surface area contributed by atoms with Crippen molar-refractivity contribution in [2.75, 3.05) is 7.11 Å². The van der Waals surface area contributed by atoms with Crippen LogP contribution in [0.5, 0.6) is 0 Å². The first-order valence-electron chi connectivity index (χ1n) is 4.75. The van der Waals surface area contributed by atoms with E-state index in [9.17, 15) is 22.8 Å². The third kappa shape index (κ3) is 3.59. The van der Waals surface area contributed by atoms with Crippen LogP contribution in [-0.2, 0) is 22.3 Å². The van der Waals surface area contributed by atoms with Crippen molar-refractivity contribution < 1.29 is 22.7 Å². The van der Waals surface area contributed by atoms with E-state index in [1.807, 2.05) is 0 Å². The minimum Gasteiger partial charge on any atom is -0.468 e. The largest absolute Gasteiger partial charge is 0.468 e. The van der Waals surface area contributed by atoms with Crippen molar-refractivity contribution in [3.8, 4) is 0 Å². The zero-order chi connectivity index (χ0) is 13.9. The van der Waals surface area contributed by atoms with Crippen LogP contribution in [0.1, 0.15) is 5.56 Å². The molecule has 0 saturated carbocycles. The van der Waals surface area contributed by atoms with Crippen LogP contribution in [0.3, 0.4) is 0 Å². The maximum absolute atomic E-state index is 12.4. The maximum Gasteiger partial charge on any atom is 0.417 e. The lowest BCUT2D eigenvalue weighted by molar-refractivity contribution is -0.140. The molecule has 1 heterocycles. The number of rotatable bonds is 3. The van der Waals surface area contributed by atoms with Crippen LogP contribution >= 0.6 is 15.9 Å². The Balaban J connectivity index is 3.02. The summed E-state index contributed by atoms with van der Waals surface area (Å²) in [6, 6.07) is 1.50. The maximum atomic E-state index is 12.4. The zero-order valence-corrected chi connectivity index (χ0v) is 10.8. The van der Waals surface area contributed by atoms with Gasteiger partial charge in [-0.3, -0.25) is 9.59 Å². The van der Waals surface area contributed by atoms with E-state index >= 15 is 0 Å². The number of carbonyl (C=O) groups is 1. The number of halogens is 4. The highest BCUT2D eigenvalue weighted by molar-refractivity contribution is 9.10. The molecule has 0 spiro atoms. The number of carbonyl (C=O) groups excluding carboxylic acids is 1. The first kappa shape index (κ1) is 14.7. The molecule has 0 aromatic carbocycles. The van der Waals surface area contributed by atoms with Crippen molar-refractivity contribution in [1.82, 2.24) is 4.57 Å². The lowest BCUT2D eigenvalue weighted by atomic mass is 10.2. The van der Waals surface area contributed by atoms with Crippen LogP contribution in [0.15, 0.2) is 23.1 Å². The Morgan fingerprint density at radius 3 is 2.61 bits per heavy atom. The van der Waals surface area contributed by atoms with Gasteiger partial charge in [0.2, 0.25) is 0 Å². The van der Waals surface area contributed by atoms with E-state index in [-0.39, 0.29) is 6.54 Å². The Kier molecular flexibility index (Phi) is 4.55. The molecule has 18 heavy (non-hydrogen) atoms. The number of hydrogen-bond donors (Lipinski definition) is 0. The molecule has 0 N–H and O–H groups in total. The van der Waals surface area contributed by atoms with E-state index in [4.69, 9.17) is 0 Å². The standard InChI is InChI=1S/C10H9BrF3NO3/c1-18-9(17)7(11)5-15-4-6(10(12,13)14)2-3-8(15)16/h2-4,7H,5H2,1H3. The van der Waals surface area contributed by atoms with Crippen LogP contribution in [-0.4, -0.2) is 22.5 Å². The number of methoxy groups -OCH3 is 1. The monoisotopic (exact) mass is 327 g/mol. The van der Waals surface area contributed by atoms with Gasteiger partial charge in [0.15, 0.2) is 0 Å². The second-order valence-electron chi connectivity index (χ2n) is 3.40. The lowest BCUT2D eigenvalue weighted by Crippen LogP contribution is -2.29. The first-order valence-corrected chi connectivity index (χ1v) is 5.67. The van der Waals surface area contributed by atoms with Crippen LogP contribution in [0, 0.1) is 0 Å². The van der Waals surface area contributed by atoms with E-state index in [0.717, 1.165) is 17.7 Å². The minimum absolute atomic E-state index is 0.241. The Hall–Kier alpha value is -1.31. The second kappa shape index (κ2) is 5.55. The number of nitrogens with zero attached hydrogens (tertiary/aromatic N) is 1. The van der Waals surface area contributed by atoms with Gasteiger partial charge in [0.25, 0.3) is 5.56 Å². The molecule has 4 nitrogen and oxygen atoms in total. The SMILES string of the molecule is COC(=O)C(Br)Cn1cc(C(F)(F)F)ccc1=O. The summed E-state index contributed by atoms with van der Waals surface area (Å²) in [4.78, 5) is 21.6. The number of alkyl halides is 4. The summed E-state index contributed by atoms with van der Waals surface area (Å²) in [5.41, 5.74) is -1.58. The van der Waals surface area contributed by atoms with Gasteiger partial charge < -0.3 is 9.30 Å². The van der Waals surface area contributed by atoms with Crippen LogP contribution < -0.4 is 5.56 Å². The van der Waals surface area contributed by atoms with E-state index in [1.54, 1.807) is 0 Å². The fraction of sp³-hybridized carbons (Fsp3) is 0.400. The molecule has 1 aromatic heterocycles. The number of esters is 1. The Morgan fingerprint density at radius 2 is 2.11 bits per heavy atom. The van der Waals surface area contributed by atoms with Crippen molar-refractivity contribution in [1.29, 1.82) is 0 Å². The summed E-state index contributed by atoms with van der Waals surface area (Å²) in [6.07, 6.45) is -3.87. The molecular formula is C10H9BrF3NO3. The molecule has 0 aliphatic carbocycles. The molecule has 0 aliphatic rings. The molecule has 0 fully saturated rings. The highest BCUT2D eigenvalue weighted by atomic mass is 79.9. The predicted molar refractivity (Wildman–Crippen MR) is 60.4 cm³/mol. The molecule has 1 unspecified atom stereocenters. The van der Waals surface area contributed by atoms with Crippen molar-refractivity contribution in [2.45, 2.75) is 17.5 Å². The number of ether oxygens (including phenoxy) is 1. The van der Waals surface area contributed by atoms with Crippen molar-refractivity contribution in [2.24, 2.45) is 0 Å². The van der Waals surface area contributed by atoms with Gasteiger partial charge in [-0.05, 0) is 6.07 Å². The average molecular weight is 328 g/mol. The summed E-state index contributed by atoms with van der Waals surface area (Å²) in [6.45, 7) is -0.241. The molecule has 0 radical (unpaired) electrons. The number of hydrogen-bond acceptors (Lipinski definition) is 3. The second-order valence-corrected chi connectivity index (χ2v) is 4.50. The molecule has 8 heteroatoms. The fourth-order valence-corrected chi connectivity index (χ4v) is 1.72. The fourth-order valence-electron chi connectivity index (χ4n) is 1.22. The van der Waals surface area contributed by atoms with Gasteiger partial charge >= 0.3 is 12.1 Å². The van der Waals surface area contributed by atoms with E-state index in [2.05, 4.69) is 20.7 Å². The van der Waals surface area contributed by atoms with Gasteiger partial charge in [-0.2, -0.15) is 13.2 Å². The molecule has 1 aromatic rings. The van der Waals surface area contributed by atoms with Gasteiger partial charge in [0.05, 0.1) is 12.7 Å². The molecule has 1 rings (SSSR count). The van der Waals surface area contributed by atoms with Gasteiger partial charge in [-0.1, -0.05) is 15.9 Å². The summed E-state index contributed by atoms with van der Waals surface area (Å²) >= 11 is 2.93. The van der Waals surface area contributed by atoms with Gasteiger partial charge in [0.1, 0.15) is 4.83 Å². The third-order valence-corrected chi connectivity index (χ3v) is 2.79. The van der Waals surface area contributed by atoms with E-state index in [0.29, 0.717) is 12.3 Å².